The van der Waals surface area contributed by atoms with Crippen LogP contribution in [0, 0.1) is 6.92 Å². The molecule has 0 aliphatic rings. The van der Waals surface area contributed by atoms with E-state index >= 15 is 0 Å². The van der Waals surface area contributed by atoms with Gasteiger partial charge in [-0.2, -0.15) is 0 Å². The van der Waals surface area contributed by atoms with Crippen LogP contribution in [-0.4, -0.2) is 7.05 Å². The van der Waals surface area contributed by atoms with Crippen LogP contribution in [0.3, 0.4) is 0 Å². The Bertz CT molecular complexity index is 253. The number of halogens is 1. The molecule has 0 saturated heterocycles. The van der Waals surface area contributed by atoms with Gasteiger partial charge < -0.3 is 5.32 Å². The summed E-state index contributed by atoms with van der Waals surface area (Å²) in [7, 11) is 2.01. The maximum Gasteiger partial charge on any atom is 0.0704 e. The van der Waals surface area contributed by atoms with Crippen molar-refractivity contribution >= 4 is 27.3 Å². The molecule has 1 aromatic heterocycles. The van der Waals surface area contributed by atoms with Crippen molar-refractivity contribution in [1.82, 2.24) is 5.32 Å². The highest BCUT2D eigenvalue weighted by Crippen LogP contribution is 2.31. The second kappa shape index (κ2) is 4.40. The average Bonchev–Trinajstić information content (AvgIpc) is 2.34. The molecule has 0 bridgehead atoms. The third-order valence-electron chi connectivity index (χ3n) is 2.06. The summed E-state index contributed by atoms with van der Waals surface area (Å²) in [6.45, 7) is 4.37. The first-order valence-corrected chi connectivity index (χ1v) is 5.73. The normalized spacial score (nSPS) is 13.3. The molecule has 1 nitrogen and oxygen atoms in total. The third kappa shape index (κ3) is 2.09. The molecular formula is C9H14BrNS. The summed E-state index contributed by atoms with van der Waals surface area (Å²) < 4.78 is 1.23. The lowest BCUT2D eigenvalue weighted by atomic mass is 10.1. The Kier molecular flexibility index (Phi) is 3.75. The monoisotopic (exact) mass is 247 g/mol. The molecule has 0 amide bonds. The van der Waals surface area contributed by atoms with Crippen LogP contribution in [0.5, 0.6) is 0 Å². The first-order valence-electron chi connectivity index (χ1n) is 4.12. The number of rotatable bonds is 3. The molecule has 1 heterocycles. The molecule has 1 N–H and O–H groups in total. The molecule has 1 atom stereocenters. The maximum absolute atomic E-state index is 3.50. The van der Waals surface area contributed by atoms with E-state index in [9.17, 15) is 0 Å². The third-order valence-corrected chi connectivity index (χ3v) is 3.63. The molecule has 0 radical (unpaired) electrons. The van der Waals surface area contributed by atoms with Gasteiger partial charge in [0.25, 0.3) is 0 Å². The van der Waals surface area contributed by atoms with E-state index < -0.39 is 0 Å². The van der Waals surface area contributed by atoms with Gasteiger partial charge in [0.1, 0.15) is 0 Å². The van der Waals surface area contributed by atoms with Crippen molar-refractivity contribution in [2.45, 2.75) is 26.3 Å². The zero-order valence-electron chi connectivity index (χ0n) is 7.65. The molecule has 1 aromatic rings. The Balaban J connectivity index is 2.91. The van der Waals surface area contributed by atoms with Crippen molar-refractivity contribution in [3.8, 4) is 0 Å². The van der Waals surface area contributed by atoms with Gasteiger partial charge in [-0.15, -0.1) is 11.3 Å². The average molecular weight is 248 g/mol. The second-order valence-corrected chi connectivity index (χ2v) is 5.45. The van der Waals surface area contributed by atoms with Crippen molar-refractivity contribution < 1.29 is 0 Å². The van der Waals surface area contributed by atoms with Crippen LogP contribution in [0.2, 0.25) is 0 Å². The Morgan fingerprint density at radius 2 is 2.33 bits per heavy atom. The summed E-state index contributed by atoms with van der Waals surface area (Å²) in [4.78, 5) is 1.41. The quantitative estimate of drug-likeness (QED) is 0.863. The van der Waals surface area contributed by atoms with Gasteiger partial charge in [-0.3, -0.25) is 0 Å². The molecule has 0 spiro atoms. The number of thiophene rings is 1. The number of aryl methyl sites for hydroxylation is 1. The van der Waals surface area contributed by atoms with E-state index in [0.717, 1.165) is 6.42 Å². The van der Waals surface area contributed by atoms with Crippen molar-refractivity contribution in [3.63, 3.8) is 0 Å². The van der Waals surface area contributed by atoms with Gasteiger partial charge >= 0.3 is 0 Å². The van der Waals surface area contributed by atoms with Gasteiger partial charge in [-0.25, -0.2) is 0 Å². The van der Waals surface area contributed by atoms with Gasteiger partial charge in [0.05, 0.1) is 3.79 Å². The minimum atomic E-state index is 0.507. The zero-order chi connectivity index (χ0) is 9.14. The van der Waals surface area contributed by atoms with E-state index in [-0.39, 0.29) is 0 Å². The van der Waals surface area contributed by atoms with Gasteiger partial charge in [0.2, 0.25) is 0 Å². The second-order valence-electron chi connectivity index (χ2n) is 2.81. The summed E-state index contributed by atoms with van der Waals surface area (Å²) in [5.74, 6) is 0. The smallest absolute Gasteiger partial charge is 0.0704 e. The fourth-order valence-corrected chi connectivity index (χ4v) is 3.16. The Hall–Kier alpha value is 0.140. The van der Waals surface area contributed by atoms with Crippen LogP contribution in [0.1, 0.15) is 29.8 Å². The largest absolute Gasteiger partial charge is 0.313 e. The van der Waals surface area contributed by atoms with Crippen LogP contribution < -0.4 is 5.32 Å². The molecule has 0 aromatic carbocycles. The number of hydrogen-bond donors (Lipinski definition) is 1. The van der Waals surface area contributed by atoms with Crippen molar-refractivity contribution in [1.29, 1.82) is 0 Å². The first-order chi connectivity index (χ1) is 5.69. The standard InChI is InChI=1S/C9H14BrNS/c1-4-8(11-3)7-5-9(10)12-6(7)2/h5,8,11H,4H2,1-3H3. The lowest BCUT2D eigenvalue weighted by Crippen LogP contribution is -2.15. The molecule has 3 heteroatoms. The fraction of sp³-hybridized carbons (Fsp3) is 0.556. The fourth-order valence-electron chi connectivity index (χ4n) is 1.38. The highest BCUT2D eigenvalue weighted by atomic mass is 79.9. The molecule has 12 heavy (non-hydrogen) atoms. The van der Waals surface area contributed by atoms with Gasteiger partial charge in [-0.1, -0.05) is 6.92 Å². The molecule has 0 saturated carbocycles. The van der Waals surface area contributed by atoms with Crippen molar-refractivity contribution in [2.75, 3.05) is 7.05 Å². The van der Waals surface area contributed by atoms with Crippen LogP contribution in [0.25, 0.3) is 0 Å². The number of hydrogen-bond acceptors (Lipinski definition) is 2. The van der Waals surface area contributed by atoms with E-state index in [0.29, 0.717) is 6.04 Å². The molecular weight excluding hydrogens is 234 g/mol. The van der Waals surface area contributed by atoms with E-state index in [1.54, 1.807) is 11.3 Å². The predicted octanol–water partition coefficient (Wildman–Crippen LogP) is 3.49. The van der Waals surface area contributed by atoms with Gasteiger partial charge in [0.15, 0.2) is 0 Å². The summed E-state index contributed by atoms with van der Waals surface area (Å²) in [5.41, 5.74) is 1.43. The Morgan fingerprint density at radius 1 is 1.67 bits per heavy atom. The van der Waals surface area contributed by atoms with Gasteiger partial charge in [-0.05, 0) is 48.0 Å². The molecule has 1 rings (SSSR count). The summed E-state index contributed by atoms with van der Waals surface area (Å²) in [6.07, 6.45) is 1.14. The van der Waals surface area contributed by atoms with E-state index in [1.807, 2.05) is 7.05 Å². The Labute approximate surface area is 86.3 Å². The van der Waals surface area contributed by atoms with Crippen LogP contribution in [0.4, 0.5) is 0 Å². The number of nitrogens with one attached hydrogen (secondary N) is 1. The molecule has 68 valence electrons. The SMILES string of the molecule is CCC(NC)c1cc(Br)sc1C. The molecule has 0 aliphatic carbocycles. The molecule has 0 fully saturated rings. The first kappa shape index (κ1) is 10.2. The van der Waals surface area contributed by atoms with E-state index in [2.05, 4.69) is 41.2 Å². The highest BCUT2D eigenvalue weighted by Gasteiger charge is 2.11. The predicted molar refractivity (Wildman–Crippen MR) is 58.8 cm³/mol. The summed E-state index contributed by atoms with van der Waals surface area (Å²) in [6, 6.07) is 2.72. The Morgan fingerprint density at radius 3 is 2.67 bits per heavy atom. The topological polar surface area (TPSA) is 12.0 Å². The lowest BCUT2D eigenvalue weighted by molar-refractivity contribution is 0.576. The van der Waals surface area contributed by atoms with E-state index in [4.69, 9.17) is 0 Å². The van der Waals surface area contributed by atoms with Crippen LogP contribution in [-0.2, 0) is 0 Å². The molecule has 1 unspecified atom stereocenters. The maximum atomic E-state index is 3.50. The van der Waals surface area contributed by atoms with E-state index in [1.165, 1.54) is 14.2 Å². The minimum absolute atomic E-state index is 0.507. The van der Waals surface area contributed by atoms with Crippen LogP contribution >= 0.6 is 27.3 Å². The highest BCUT2D eigenvalue weighted by molar-refractivity contribution is 9.11. The lowest BCUT2D eigenvalue weighted by Gasteiger charge is -2.12. The van der Waals surface area contributed by atoms with Crippen LogP contribution in [0.15, 0.2) is 9.85 Å². The summed E-state index contributed by atoms with van der Waals surface area (Å²) >= 11 is 5.31. The van der Waals surface area contributed by atoms with Crippen molar-refractivity contribution in [2.24, 2.45) is 0 Å². The van der Waals surface area contributed by atoms with Gasteiger partial charge in [0, 0.05) is 10.9 Å². The summed E-state index contributed by atoms with van der Waals surface area (Å²) in [5, 5.41) is 3.31. The molecule has 0 aliphatic heterocycles. The zero-order valence-corrected chi connectivity index (χ0v) is 10.1. The minimum Gasteiger partial charge on any atom is -0.313 e. The van der Waals surface area contributed by atoms with Crippen molar-refractivity contribution in [3.05, 3.63) is 20.3 Å².